The van der Waals surface area contributed by atoms with Crippen molar-refractivity contribution < 1.29 is 14.0 Å². The normalized spacial score (nSPS) is 21.9. The first-order chi connectivity index (χ1) is 11.0. The molecular weight excluding hydrogens is 286 g/mol. The summed E-state index contributed by atoms with van der Waals surface area (Å²) in [6, 6.07) is 0. The topological polar surface area (TPSA) is 18.5 Å². The summed E-state index contributed by atoms with van der Waals surface area (Å²) in [5, 5.41) is 0. The highest BCUT2D eigenvalue weighted by molar-refractivity contribution is 4.65. The van der Waals surface area contributed by atoms with Crippen molar-refractivity contribution in [3.05, 3.63) is 0 Å². The molecule has 0 aromatic rings. The van der Waals surface area contributed by atoms with Gasteiger partial charge in [0, 0.05) is 0 Å². The van der Waals surface area contributed by atoms with Gasteiger partial charge in [-0.15, -0.1) is 0 Å². The fraction of sp³-hybridized carbons (Fsp3) is 1.00. The van der Waals surface area contributed by atoms with Crippen molar-refractivity contribution >= 4 is 0 Å². The molecule has 0 spiro atoms. The highest BCUT2D eigenvalue weighted by Gasteiger charge is 2.29. The molecule has 1 saturated heterocycles. The van der Waals surface area contributed by atoms with E-state index in [1.807, 2.05) is 0 Å². The fourth-order valence-corrected chi connectivity index (χ4v) is 3.34. The van der Waals surface area contributed by atoms with E-state index >= 15 is 0 Å². The minimum Gasteiger partial charge on any atom is -0.350 e. The van der Waals surface area contributed by atoms with Crippen molar-refractivity contribution in [1.82, 2.24) is 0 Å². The Labute approximate surface area is 145 Å². The molecule has 0 amide bonds. The first-order valence-electron chi connectivity index (χ1n) is 10.1. The van der Waals surface area contributed by atoms with Crippen molar-refractivity contribution in [2.45, 2.75) is 96.4 Å². The monoisotopic (exact) mass is 328 g/mol. The summed E-state index contributed by atoms with van der Waals surface area (Å²) in [6.07, 6.45) is 16.7. The molecule has 1 aliphatic heterocycles. The van der Waals surface area contributed by atoms with E-state index in [4.69, 9.17) is 9.47 Å². The van der Waals surface area contributed by atoms with Gasteiger partial charge in [-0.2, -0.15) is 0 Å². The summed E-state index contributed by atoms with van der Waals surface area (Å²) in [6.45, 7) is 4.10. The van der Waals surface area contributed by atoms with Crippen LogP contribution in [0.4, 0.5) is 0 Å². The smallest absolute Gasteiger partial charge is 0.158 e. The molecule has 2 atom stereocenters. The third-order valence-corrected chi connectivity index (χ3v) is 4.61. The summed E-state index contributed by atoms with van der Waals surface area (Å²) >= 11 is 0. The van der Waals surface area contributed by atoms with Crippen molar-refractivity contribution in [3.8, 4) is 0 Å². The number of rotatable bonds is 14. The molecule has 1 rings (SSSR count). The standard InChI is InChI=1S/C20H42NO2/c1-5-6-7-8-9-10-11-12-13-14-15-16-20-22-18-19(23-20)17-21(2,3)4/h19-20H,5-18H2,1-4H3/q+1/t19-,20+/m1/s1. The van der Waals surface area contributed by atoms with E-state index in [0.29, 0.717) is 0 Å². The molecule has 3 heteroatoms. The largest absolute Gasteiger partial charge is 0.350 e. The van der Waals surface area contributed by atoms with Gasteiger partial charge in [-0.1, -0.05) is 71.1 Å². The summed E-state index contributed by atoms with van der Waals surface area (Å²) in [4.78, 5) is 0. The van der Waals surface area contributed by atoms with Crippen LogP contribution in [0, 0.1) is 0 Å². The second-order valence-electron chi connectivity index (χ2n) is 8.32. The Kier molecular flexibility index (Phi) is 11.2. The number of likely N-dealkylation sites (N-methyl/N-ethyl adjacent to an activating group) is 1. The Morgan fingerprint density at radius 3 is 1.83 bits per heavy atom. The zero-order valence-electron chi connectivity index (χ0n) is 16.3. The maximum Gasteiger partial charge on any atom is 0.158 e. The van der Waals surface area contributed by atoms with E-state index in [0.717, 1.165) is 24.1 Å². The number of ether oxygens (including phenoxy) is 2. The second kappa shape index (κ2) is 12.3. The van der Waals surface area contributed by atoms with E-state index in [-0.39, 0.29) is 12.4 Å². The molecule has 1 fully saturated rings. The van der Waals surface area contributed by atoms with Crippen LogP contribution in [0.2, 0.25) is 0 Å². The molecule has 3 nitrogen and oxygen atoms in total. The SMILES string of the molecule is CCCCCCCCCCCCC[C@H]1OC[C@@H](C[N+](C)(C)C)O1. The Bertz CT molecular complexity index is 275. The summed E-state index contributed by atoms with van der Waals surface area (Å²) in [5.41, 5.74) is 0. The second-order valence-corrected chi connectivity index (χ2v) is 8.32. The Balaban J connectivity index is 1.85. The van der Waals surface area contributed by atoms with Gasteiger partial charge in [-0.3, -0.25) is 0 Å². The molecule has 0 radical (unpaired) electrons. The van der Waals surface area contributed by atoms with Crippen LogP contribution in [0.25, 0.3) is 0 Å². The fourth-order valence-electron chi connectivity index (χ4n) is 3.34. The van der Waals surface area contributed by atoms with Crippen LogP contribution in [0.1, 0.15) is 84.0 Å². The molecule has 23 heavy (non-hydrogen) atoms. The highest BCUT2D eigenvalue weighted by atomic mass is 16.7. The van der Waals surface area contributed by atoms with E-state index in [2.05, 4.69) is 28.1 Å². The minimum atomic E-state index is 0.0603. The molecule has 1 aliphatic rings. The average molecular weight is 329 g/mol. The zero-order valence-corrected chi connectivity index (χ0v) is 16.3. The molecule has 0 N–H and O–H groups in total. The van der Waals surface area contributed by atoms with Gasteiger partial charge in [0.25, 0.3) is 0 Å². The molecule has 0 aromatic carbocycles. The summed E-state index contributed by atoms with van der Waals surface area (Å²) in [5.74, 6) is 0. The third kappa shape index (κ3) is 12.0. The number of unbranched alkanes of at least 4 members (excludes halogenated alkanes) is 10. The Morgan fingerprint density at radius 2 is 1.30 bits per heavy atom. The molecule has 1 heterocycles. The van der Waals surface area contributed by atoms with Gasteiger partial charge in [-0.25, -0.2) is 0 Å². The zero-order chi connectivity index (χ0) is 17.0. The number of hydrogen-bond donors (Lipinski definition) is 0. The van der Waals surface area contributed by atoms with Crippen LogP contribution in [-0.4, -0.2) is 51.2 Å². The Morgan fingerprint density at radius 1 is 0.783 bits per heavy atom. The predicted octanol–water partition coefficient (Wildman–Crippen LogP) is 5.14. The average Bonchev–Trinajstić information content (AvgIpc) is 2.90. The lowest BCUT2D eigenvalue weighted by atomic mass is 10.1. The van der Waals surface area contributed by atoms with Gasteiger partial charge in [0.05, 0.1) is 27.7 Å². The van der Waals surface area contributed by atoms with Crippen LogP contribution in [0.5, 0.6) is 0 Å². The molecule has 0 bridgehead atoms. The van der Waals surface area contributed by atoms with Gasteiger partial charge >= 0.3 is 0 Å². The van der Waals surface area contributed by atoms with Crippen molar-refractivity contribution in [3.63, 3.8) is 0 Å². The summed E-state index contributed by atoms with van der Waals surface area (Å²) < 4.78 is 12.7. The van der Waals surface area contributed by atoms with Crippen molar-refractivity contribution in [2.24, 2.45) is 0 Å². The molecule has 138 valence electrons. The van der Waals surface area contributed by atoms with E-state index in [9.17, 15) is 0 Å². The number of quaternary nitrogens is 1. The molecule has 0 aliphatic carbocycles. The van der Waals surface area contributed by atoms with E-state index in [1.54, 1.807) is 0 Å². The van der Waals surface area contributed by atoms with Crippen LogP contribution in [0.15, 0.2) is 0 Å². The third-order valence-electron chi connectivity index (χ3n) is 4.61. The maximum absolute atomic E-state index is 5.99. The van der Waals surface area contributed by atoms with E-state index in [1.165, 1.54) is 70.6 Å². The maximum atomic E-state index is 5.99. The van der Waals surface area contributed by atoms with Gasteiger partial charge in [0.15, 0.2) is 6.29 Å². The molecular formula is C20H42NO2+. The first-order valence-corrected chi connectivity index (χ1v) is 10.1. The lowest BCUT2D eigenvalue weighted by Gasteiger charge is -2.26. The quantitative estimate of drug-likeness (QED) is 0.325. The minimum absolute atomic E-state index is 0.0603. The molecule has 0 aromatic heterocycles. The van der Waals surface area contributed by atoms with Gasteiger partial charge < -0.3 is 14.0 Å². The van der Waals surface area contributed by atoms with Crippen LogP contribution < -0.4 is 0 Å². The van der Waals surface area contributed by atoms with Crippen molar-refractivity contribution in [2.75, 3.05) is 34.3 Å². The van der Waals surface area contributed by atoms with Crippen LogP contribution in [-0.2, 0) is 9.47 Å². The van der Waals surface area contributed by atoms with E-state index < -0.39 is 0 Å². The van der Waals surface area contributed by atoms with Crippen molar-refractivity contribution in [1.29, 1.82) is 0 Å². The first kappa shape index (κ1) is 20.9. The van der Waals surface area contributed by atoms with Crippen LogP contribution >= 0.6 is 0 Å². The molecule has 0 unspecified atom stereocenters. The highest BCUT2D eigenvalue weighted by Crippen LogP contribution is 2.19. The predicted molar refractivity (Wildman–Crippen MR) is 98.6 cm³/mol. The lowest BCUT2D eigenvalue weighted by molar-refractivity contribution is -0.873. The van der Waals surface area contributed by atoms with Gasteiger partial charge in [0.1, 0.15) is 12.6 Å². The number of nitrogens with zero attached hydrogens (tertiary/aromatic N) is 1. The Hall–Kier alpha value is -0.120. The molecule has 0 saturated carbocycles. The summed E-state index contributed by atoms with van der Waals surface area (Å²) in [7, 11) is 6.63. The van der Waals surface area contributed by atoms with Gasteiger partial charge in [-0.05, 0) is 12.8 Å². The van der Waals surface area contributed by atoms with Gasteiger partial charge in [0.2, 0.25) is 0 Å². The number of hydrogen-bond acceptors (Lipinski definition) is 2. The lowest BCUT2D eigenvalue weighted by Crippen LogP contribution is -2.42. The van der Waals surface area contributed by atoms with Crippen LogP contribution in [0.3, 0.4) is 0 Å².